The Morgan fingerprint density at radius 2 is 2.12 bits per heavy atom. The van der Waals surface area contributed by atoms with Gasteiger partial charge in [-0.2, -0.15) is 0 Å². The number of aliphatic hydroxyl groups is 1. The molecule has 1 unspecified atom stereocenters. The van der Waals surface area contributed by atoms with Crippen LogP contribution in [0.3, 0.4) is 0 Å². The molecule has 0 aliphatic carbocycles. The standard InChI is InChI=1S/C18H21N3O3S/c1-11(2)15-10-19-18(25-15)20-16(23)9-12-3-5-13(6-4-12)21-8-7-14(22)17(21)24/h3-6,10-11,14,22H,7-9H2,1-2H3,(H,19,20,23). The van der Waals surface area contributed by atoms with Crippen LogP contribution >= 0.6 is 11.3 Å². The molecule has 0 saturated carbocycles. The third kappa shape index (κ3) is 4.05. The molecule has 7 heteroatoms. The zero-order valence-electron chi connectivity index (χ0n) is 14.2. The Labute approximate surface area is 150 Å². The van der Waals surface area contributed by atoms with Crippen LogP contribution in [0.1, 0.15) is 36.6 Å². The van der Waals surface area contributed by atoms with Gasteiger partial charge in [-0.1, -0.05) is 26.0 Å². The van der Waals surface area contributed by atoms with E-state index in [1.807, 2.05) is 12.1 Å². The van der Waals surface area contributed by atoms with Crippen LogP contribution in [0.5, 0.6) is 0 Å². The molecule has 0 bridgehead atoms. The fourth-order valence-electron chi connectivity index (χ4n) is 2.68. The normalized spacial score (nSPS) is 17.4. The third-order valence-corrected chi connectivity index (χ3v) is 5.34. The van der Waals surface area contributed by atoms with Crippen LogP contribution < -0.4 is 10.2 Å². The number of benzene rings is 1. The van der Waals surface area contributed by atoms with Gasteiger partial charge in [0.2, 0.25) is 5.91 Å². The maximum absolute atomic E-state index is 12.2. The van der Waals surface area contributed by atoms with Crippen molar-refractivity contribution in [3.8, 4) is 0 Å². The number of hydrogen-bond donors (Lipinski definition) is 2. The molecule has 1 aliphatic rings. The van der Waals surface area contributed by atoms with Crippen molar-refractivity contribution in [2.24, 2.45) is 0 Å². The first-order valence-corrected chi connectivity index (χ1v) is 9.09. The Kier molecular flexibility index (Phi) is 5.15. The fraction of sp³-hybridized carbons (Fsp3) is 0.389. The summed E-state index contributed by atoms with van der Waals surface area (Å²) in [6.45, 7) is 4.69. The molecule has 0 spiro atoms. The number of nitrogens with one attached hydrogen (secondary N) is 1. The van der Waals surface area contributed by atoms with E-state index in [1.165, 1.54) is 11.3 Å². The summed E-state index contributed by atoms with van der Waals surface area (Å²) < 4.78 is 0. The second-order valence-corrected chi connectivity index (χ2v) is 7.47. The zero-order valence-corrected chi connectivity index (χ0v) is 15.0. The van der Waals surface area contributed by atoms with Crippen molar-refractivity contribution < 1.29 is 14.7 Å². The van der Waals surface area contributed by atoms with E-state index in [2.05, 4.69) is 24.1 Å². The molecule has 1 aliphatic heterocycles. The van der Waals surface area contributed by atoms with Crippen LogP contribution in [-0.2, 0) is 16.0 Å². The van der Waals surface area contributed by atoms with E-state index in [9.17, 15) is 14.7 Å². The number of aliphatic hydroxyl groups excluding tert-OH is 1. The van der Waals surface area contributed by atoms with Crippen molar-refractivity contribution in [2.75, 3.05) is 16.8 Å². The van der Waals surface area contributed by atoms with E-state index in [4.69, 9.17) is 0 Å². The summed E-state index contributed by atoms with van der Waals surface area (Å²) in [6, 6.07) is 7.26. The Hall–Kier alpha value is -2.25. The van der Waals surface area contributed by atoms with Gasteiger partial charge in [0, 0.05) is 29.7 Å². The smallest absolute Gasteiger partial charge is 0.255 e. The molecule has 0 radical (unpaired) electrons. The highest BCUT2D eigenvalue weighted by molar-refractivity contribution is 7.15. The molecular weight excluding hydrogens is 338 g/mol. The lowest BCUT2D eigenvalue weighted by Gasteiger charge is -2.16. The maximum atomic E-state index is 12.2. The first-order chi connectivity index (χ1) is 11.9. The Balaban J connectivity index is 1.59. The highest BCUT2D eigenvalue weighted by Crippen LogP contribution is 2.25. The highest BCUT2D eigenvalue weighted by atomic mass is 32.1. The summed E-state index contributed by atoms with van der Waals surface area (Å²) in [5, 5.41) is 13.0. The number of aromatic nitrogens is 1. The number of amides is 2. The first-order valence-electron chi connectivity index (χ1n) is 8.28. The molecule has 1 aromatic heterocycles. The molecule has 25 heavy (non-hydrogen) atoms. The number of carbonyl (C=O) groups excluding carboxylic acids is 2. The van der Waals surface area contributed by atoms with Crippen molar-refractivity contribution in [1.82, 2.24) is 4.98 Å². The number of anilines is 2. The molecule has 1 atom stereocenters. The Morgan fingerprint density at radius 1 is 1.40 bits per heavy atom. The average Bonchev–Trinajstić information content (AvgIpc) is 3.16. The van der Waals surface area contributed by atoms with E-state index >= 15 is 0 Å². The van der Waals surface area contributed by atoms with Gasteiger partial charge in [0.05, 0.1) is 6.42 Å². The minimum Gasteiger partial charge on any atom is -0.383 e. The molecule has 1 aromatic carbocycles. The highest BCUT2D eigenvalue weighted by Gasteiger charge is 2.30. The van der Waals surface area contributed by atoms with Crippen molar-refractivity contribution in [3.05, 3.63) is 40.9 Å². The molecule has 2 aromatic rings. The molecule has 2 heterocycles. The second kappa shape index (κ2) is 7.33. The van der Waals surface area contributed by atoms with Gasteiger partial charge >= 0.3 is 0 Å². The van der Waals surface area contributed by atoms with Crippen LogP contribution in [0.25, 0.3) is 0 Å². The van der Waals surface area contributed by atoms with Crippen LogP contribution in [0, 0.1) is 0 Å². The number of nitrogens with zero attached hydrogens (tertiary/aromatic N) is 2. The van der Waals surface area contributed by atoms with Gasteiger partial charge in [-0.15, -0.1) is 11.3 Å². The lowest BCUT2D eigenvalue weighted by atomic mass is 10.1. The van der Waals surface area contributed by atoms with Gasteiger partial charge in [-0.25, -0.2) is 4.98 Å². The van der Waals surface area contributed by atoms with Crippen LogP contribution in [0.2, 0.25) is 0 Å². The van der Waals surface area contributed by atoms with Crippen LogP contribution in [0.15, 0.2) is 30.5 Å². The van der Waals surface area contributed by atoms with E-state index in [1.54, 1.807) is 23.2 Å². The van der Waals surface area contributed by atoms with Gasteiger partial charge in [0.15, 0.2) is 5.13 Å². The summed E-state index contributed by atoms with van der Waals surface area (Å²) in [6.07, 6.45) is 1.59. The summed E-state index contributed by atoms with van der Waals surface area (Å²) in [5.74, 6) is 0.00260. The SMILES string of the molecule is CC(C)c1cnc(NC(=O)Cc2ccc(N3CCC(O)C3=O)cc2)s1. The number of carbonyl (C=O) groups is 2. The fourth-order valence-corrected chi connectivity index (χ4v) is 3.51. The van der Waals surface area contributed by atoms with E-state index in [-0.39, 0.29) is 18.2 Å². The number of hydrogen-bond acceptors (Lipinski definition) is 5. The van der Waals surface area contributed by atoms with Crippen molar-refractivity contribution >= 4 is 34.0 Å². The monoisotopic (exact) mass is 359 g/mol. The lowest BCUT2D eigenvalue weighted by molar-refractivity contribution is -0.124. The largest absolute Gasteiger partial charge is 0.383 e. The second-order valence-electron chi connectivity index (χ2n) is 6.41. The lowest BCUT2D eigenvalue weighted by Crippen LogP contribution is -2.29. The summed E-state index contributed by atoms with van der Waals surface area (Å²) in [4.78, 5) is 30.9. The summed E-state index contributed by atoms with van der Waals surface area (Å²) in [7, 11) is 0. The molecule has 6 nitrogen and oxygen atoms in total. The minimum absolute atomic E-state index is 0.120. The quantitative estimate of drug-likeness (QED) is 0.859. The molecular formula is C18H21N3O3S. The maximum Gasteiger partial charge on any atom is 0.255 e. The first kappa shape index (κ1) is 17.6. The van der Waals surface area contributed by atoms with Crippen molar-refractivity contribution in [1.29, 1.82) is 0 Å². The van der Waals surface area contributed by atoms with Crippen molar-refractivity contribution in [2.45, 2.75) is 38.7 Å². The summed E-state index contributed by atoms with van der Waals surface area (Å²) >= 11 is 1.49. The minimum atomic E-state index is -0.903. The van der Waals surface area contributed by atoms with Gasteiger partial charge in [-0.3, -0.25) is 9.59 Å². The van der Waals surface area contributed by atoms with E-state index < -0.39 is 6.10 Å². The molecule has 2 N–H and O–H groups in total. The van der Waals surface area contributed by atoms with Crippen LogP contribution in [-0.4, -0.2) is 34.6 Å². The van der Waals surface area contributed by atoms with Crippen LogP contribution in [0.4, 0.5) is 10.8 Å². The van der Waals surface area contributed by atoms with E-state index in [0.717, 1.165) is 16.1 Å². The van der Waals surface area contributed by atoms with Gasteiger partial charge in [0.25, 0.3) is 5.91 Å². The van der Waals surface area contributed by atoms with Gasteiger partial charge in [0.1, 0.15) is 6.10 Å². The zero-order chi connectivity index (χ0) is 18.0. The Morgan fingerprint density at radius 3 is 2.68 bits per heavy atom. The predicted molar refractivity (Wildman–Crippen MR) is 98.0 cm³/mol. The summed E-state index contributed by atoms with van der Waals surface area (Å²) in [5.41, 5.74) is 1.60. The van der Waals surface area contributed by atoms with Gasteiger partial charge < -0.3 is 15.3 Å². The average molecular weight is 359 g/mol. The number of rotatable bonds is 5. The molecule has 132 valence electrons. The molecule has 3 rings (SSSR count). The predicted octanol–water partition coefficient (Wildman–Crippen LogP) is 2.55. The Bertz CT molecular complexity index is 770. The van der Waals surface area contributed by atoms with Gasteiger partial charge in [-0.05, 0) is 23.6 Å². The van der Waals surface area contributed by atoms with E-state index in [0.29, 0.717) is 24.0 Å². The topological polar surface area (TPSA) is 82.5 Å². The molecule has 2 amide bonds. The molecule has 1 saturated heterocycles. The number of thiazole rings is 1. The third-order valence-electron chi connectivity index (χ3n) is 4.13. The molecule has 1 fully saturated rings. The van der Waals surface area contributed by atoms with Crippen molar-refractivity contribution in [3.63, 3.8) is 0 Å².